The third-order valence-electron chi connectivity index (χ3n) is 8.61. The fourth-order valence-electron chi connectivity index (χ4n) is 6.52. The van der Waals surface area contributed by atoms with E-state index >= 15 is 0 Å². The zero-order chi connectivity index (χ0) is 19.3. The van der Waals surface area contributed by atoms with Crippen LogP contribution < -0.4 is 4.74 Å². The Balaban J connectivity index is 1.15. The molecule has 1 heteroatoms. The molecule has 0 aromatic heterocycles. The summed E-state index contributed by atoms with van der Waals surface area (Å²) in [7, 11) is 0. The van der Waals surface area contributed by atoms with Gasteiger partial charge >= 0.3 is 0 Å². The Bertz CT molecular complexity index is 567. The monoisotopic (exact) mass is 382 g/mol. The van der Waals surface area contributed by atoms with Crippen molar-refractivity contribution < 1.29 is 4.74 Å². The molecule has 4 rings (SSSR count). The number of rotatable bonds is 5. The maximum absolute atomic E-state index is 6.07. The second kappa shape index (κ2) is 9.68. The van der Waals surface area contributed by atoms with E-state index in [2.05, 4.69) is 38.1 Å². The average Bonchev–Trinajstić information content (AvgIpc) is 2.74. The molecule has 0 unspecified atom stereocenters. The molecule has 28 heavy (non-hydrogen) atoms. The van der Waals surface area contributed by atoms with E-state index in [4.69, 9.17) is 4.74 Å². The lowest BCUT2D eigenvalue weighted by molar-refractivity contribution is 0.0970. The van der Waals surface area contributed by atoms with Gasteiger partial charge in [-0.15, -0.1) is 0 Å². The summed E-state index contributed by atoms with van der Waals surface area (Å²) in [5.41, 5.74) is 1.31. The highest BCUT2D eigenvalue weighted by Crippen LogP contribution is 2.45. The van der Waals surface area contributed by atoms with Crippen LogP contribution in [-0.2, 0) is 0 Å². The van der Waals surface area contributed by atoms with Crippen LogP contribution in [0.2, 0.25) is 0 Å². The van der Waals surface area contributed by atoms with Gasteiger partial charge in [0.1, 0.15) is 5.75 Å². The van der Waals surface area contributed by atoms with Crippen molar-refractivity contribution in [3.63, 3.8) is 0 Å². The highest BCUT2D eigenvalue weighted by Gasteiger charge is 2.34. The SMILES string of the molecule is Cc1ccc(OCC2CCC(C3CCC(C4CCC(C)CC4)CC3)CC2)cc1. The lowest BCUT2D eigenvalue weighted by Gasteiger charge is -2.41. The minimum atomic E-state index is 0.776. The molecule has 0 aliphatic heterocycles. The summed E-state index contributed by atoms with van der Waals surface area (Å²) in [5, 5.41) is 0. The molecule has 0 spiro atoms. The van der Waals surface area contributed by atoms with Gasteiger partial charge in [0.15, 0.2) is 0 Å². The Hall–Kier alpha value is -0.980. The van der Waals surface area contributed by atoms with Crippen molar-refractivity contribution in [2.24, 2.45) is 35.5 Å². The van der Waals surface area contributed by atoms with Gasteiger partial charge in [-0.2, -0.15) is 0 Å². The minimum Gasteiger partial charge on any atom is -0.493 e. The average molecular weight is 383 g/mol. The smallest absolute Gasteiger partial charge is 0.119 e. The number of aryl methyl sites for hydroxylation is 1. The third kappa shape index (κ3) is 5.33. The lowest BCUT2D eigenvalue weighted by Crippen LogP contribution is -2.30. The molecule has 3 saturated carbocycles. The van der Waals surface area contributed by atoms with Crippen molar-refractivity contribution in [1.82, 2.24) is 0 Å². The summed E-state index contributed by atoms with van der Waals surface area (Å²) in [5.74, 6) is 7.02. The molecule has 1 aromatic carbocycles. The molecule has 0 radical (unpaired) electrons. The lowest BCUT2D eigenvalue weighted by atomic mass is 9.65. The zero-order valence-corrected chi connectivity index (χ0v) is 18.4. The molecule has 156 valence electrons. The van der Waals surface area contributed by atoms with E-state index < -0.39 is 0 Å². The van der Waals surface area contributed by atoms with Crippen molar-refractivity contribution in [1.29, 1.82) is 0 Å². The highest BCUT2D eigenvalue weighted by molar-refractivity contribution is 5.26. The highest BCUT2D eigenvalue weighted by atomic mass is 16.5. The van der Waals surface area contributed by atoms with Crippen LogP contribution in [0.1, 0.15) is 89.5 Å². The van der Waals surface area contributed by atoms with Gasteiger partial charge in [0.25, 0.3) is 0 Å². The topological polar surface area (TPSA) is 9.23 Å². The Morgan fingerprint density at radius 1 is 0.643 bits per heavy atom. The fraction of sp³-hybridized carbons (Fsp3) is 0.778. The van der Waals surface area contributed by atoms with Crippen molar-refractivity contribution in [2.75, 3.05) is 6.61 Å². The molecule has 0 heterocycles. The first-order valence-electron chi connectivity index (χ1n) is 12.4. The van der Waals surface area contributed by atoms with Gasteiger partial charge in [0, 0.05) is 0 Å². The Labute approximate surface area is 173 Å². The molecule has 0 N–H and O–H groups in total. The van der Waals surface area contributed by atoms with Crippen LogP contribution in [0, 0.1) is 42.4 Å². The maximum Gasteiger partial charge on any atom is 0.119 e. The van der Waals surface area contributed by atoms with Crippen molar-refractivity contribution in [3.05, 3.63) is 29.8 Å². The molecule has 0 saturated heterocycles. The van der Waals surface area contributed by atoms with Crippen LogP contribution in [0.25, 0.3) is 0 Å². The van der Waals surface area contributed by atoms with Gasteiger partial charge in [-0.1, -0.05) is 37.5 Å². The van der Waals surface area contributed by atoms with Crippen LogP contribution in [0.3, 0.4) is 0 Å². The molecule has 0 amide bonds. The van der Waals surface area contributed by atoms with Gasteiger partial charge in [0.05, 0.1) is 6.61 Å². The predicted molar refractivity (Wildman–Crippen MR) is 119 cm³/mol. The van der Waals surface area contributed by atoms with Gasteiger partial charge in [-0.05, 0) is 119 Å². The Kier molecular flexibility index (Phi) is 7.02. The van der Waals surface area contributed by atoms with Gasteiger partial charge in [0.2, 0.25) is 0 Å². The molecule has 1 nitrogen and oxygen atoms in total. The first-order chi connectivity index (χ1) is 13.7. The molecular formula is C27H42O. The van der Waals surface area contributed by atoms with Crippen molar-refractivity contribution >= 4 is 0 Å². The van der Waals surface area contributed by atoms with Crippen LogP contribution in [0.4, 0.5) is 0 Å². The van der Waals surface area contributed by atoms with E-state index in [0.29, 0.717) is 0 Å². The van der Waals surface area contributed by atoms with E-state index in [0.717, 1.165) is 47.9 Å². The Morgan fingerprint density at radius 3 is 1.57 bits per heavy atom. The van der Waals surface area contributed by atoms with Crippen LogP contribution in [-0.4, -0.2) is 6.61 Å². The molecule has 3 aliphatic rings. The first kappa shape index (κ1) is 20.3. The van der Waals surface area contributed by atoms with Gasteiger partial charge < -0.3 is 4.74 Å². The number of benzene rings is 1. The number of hydrogen-bond acceptors (Lipinski definition) is 1. The molecular weight excluding hydrogens is 340 g/mol. The molecule has 1 aromatic rings. The van der Waals surface area contributed by atoms with Crippen molar-refractivity contribution in [3.8, 4) is 5.75 Å². The molecule has 3 fully saturated rings. The van der Waals surface area contributed by atoms with Gasteiger partial charge in [-0.25, -0.2) is 0 Å². The first-order valence-corrected chi connectivity index (χ1v) is 12.4. The number of hydrogen-bond donors (Lipinski definition) is 0. The summed E-state index contributed by atoms with van der Waals surface area (Å²) in [6, 6.07) is 8.53. The second-order valence-electron chi connectivity index (χ2n) is 10.6. The summed E-state index contributed by atoms with van der Waals surface area (Å²) in [4.78, 5) is 0. The van der Waals surface area contributed by atoms with Crippen LogP contribution in [0.15, 0.2) is 24.3 Å². The zero-order valence-electron chi connectivity index (χ0n) is 18.4. The molecule has 0 atom stereocenters. The van der Waals surface area contributed by atoms with Crippen LogP contribution >= 0.6 is 0 Å². The van der Waals surface area contributed by atoms with E-state index in [9.17, 15) is 0 Å². The second-order valence-corrected chi connectivity index (χ2v) is 10.6. The summed E-state index contributed by atoms with van der Waals surface area (Å²) in [6.07, 6.45) is 17.9. The number of ether oxygens (including phenoxy) is 1. The largest absolute Gasteiger partial charge is 0.493 e. The molecule has 0 bridgehead atoms. The van der Waals surface area contributed by atoms with Crippen molar-refractivity contribution in [2.45, 2.75) is 90.9 Å². The van der Waals surface area contributed by atoms with E-state index in [1.54, 1.807) is 12.8 Å². The molecule has 3 aliphatic carbocycles. The normalized spacial score (nSPS) is 36.8. The predicted octanol–water partition coefficient (Wildman–Crippen LogP) is 7.81. The van der Waals surface area contributed by atoms with Gasteiger partial charge in [-0.3, -0.25) is 0 Å². The Morgan fingerprint density at radius 2 is 1.07 bits per heavy atom. The van der Waals surface area contributed by atoms with Crippen LogP contribution in [0.5, 0.6) is 5.75 Å². The summed E-state index contributed by atoms with van der Waals surface area (Å²) in [6.45, 7) is 5.51. The summed E-state index contributed by atoms with van der Waals surface area (Å²) < 4.78 is 6.07. The third-order valence-corrected chi connectivity index (χ3v) is 8.61. The van der Waals surface area contributed by atoms with E-state index in [1.807, 2.05) is 0 Å². The van der Waals surface area contributed by atoms with E-state index in [1.165, 1.54) is 69.8 Å². The fourth-order valence-corrected chi connectivity index (χ4v) is 6.52. The maximum atomic E-state index is 6.07. The standard InChI is InChI=1S/C27H42O/c1-20-3-9-23(10-4-20)25-13-15-26(16-14-25)24-11-7-22(8-12-24)19-28-27-17-5-21(2)6-18-27/h5-6,17-18,20,22-26H,3-4,7-16,19H2,1-2H3. The minimum absolute atomic E-state index is 0.776. The van der Waals surface area contributed by atoms with E-state index in [-0.39, 0.29) is 0 Å². The quantitative estimate of drug-likeness (QED) is 0.504. The summed E-state index contributed by atoms with van der Waals surface area (Å²) >= 11 is 0.